The first-order valence-corrected chi connectivity index (χ1v) is 6.38. The van der Waals surface area contributed by atoms with Gasteiger partial charge in [0.15, 0.2) is 0 Å². The molecule has 0 amide bonds. The number of hydrogen-bond donors (Lipinski definition) is 0. The molecule has 0 unspecified atom stereocenters. The van der Waals surface area contributed by atoms with Gasteiger partial charge < -0.3 is 4.74 Å². The normalized spacial score (nSPS) is 12.7. The van der Waals surface area contributed by atoms with Crippen LogP contribution in [0.25, 0.3) is 0 Å². The summed E-state index contributed by atoms with van der Waals surface area (Å²) < 4.78 is 4.66. The Bertz CT molecular complexity index is 333. The van der Waals surface area contributed by atoms with Gasteiger partial charge >= 0.3 is 5.97 Å². The summed E-state index contributed by atoms with van der Waals surface area (Å²) in [6.45, 7) is 5.92. The molecule has 1 aromatic carbocycles. The van der Waals surface area contributed by atoms with E-state index < -0.39 is 0 Å². The molecule has 0 aliphatic heterocycles. The van der Waals surface area contributed by atoms with Gasteiger partial charge in [0.2, 0.25) is 0 Å². The fourth-order valence-corrected chi connectivity index (χ4v) is 1.82. The molecule has 1 aliphatic rings. The molecule has 0 N–H and O–H groups in total. The Morgan fingerprint density at radius 1 is 1.24 bits per heavy atom. The van der Waals surface area contributed by atoms with E-state index in [1.165, 1.54) is 19.3 Å². The zero-order chi connectivity index (χ0) is 12.7. The molecular formula is C15H22O2. The second-order valence-corrected chi connectivity index (χ2v) is 4.53. The maximum Gasteiger partial charge on any atom is 0.308 e. The van der Waals surface area contributed by atoms with Crippen LogP contribution in [0.15, 0.2) is 24.3 Å². The Morgan fingerprint density at radius 3 is 2.12 bits per heavy atom. The summed E-state index contributed by atoms with van der Waals surface area (Å²) >= 11 is 0. The SMILES string of the molecule is CCOC(=O)C(C)C.c1ccc2c(c1)CCC2. The Hall–Kier alpha value is -1.31. The minimum atomic E-state index is -0.118. The quantitative estimate of drug-likeness (QED) is 0.733. The summed E-state index contributed by atoms with van der Waals surface area (Å²) in [6, 6.07) is 8.74. The van der Waals surface area contributed by atoms with Crippen LogP contribution in [0.3, 0.4) is 0 Å². The van der Waals surface area contributed by atoms with Crippen molar-refractivity contribution in [1.29, 1.82) is 0 Å². The molecule has 0 fully saturated rings. The fourth-order valence-electron chi connectivity index (χ4n) is 1.82. The highest BCUT2D eigenvalue weighted by molar-refractivity contribution is 5.71. The van der Waals surface area contributed by atoms with Gasteiger partial charge in [-0.25, -0.2) is 0 Å². The number of rotatable bonds is 2. The fraction of sp³-hybridized carbons (Fsp3) is 0.533. The second kappa shape index (κ2) is 7.10. The lowest BCUT2D eigenvalue weighted by molar-refractivity contribution is -0.146. The minimum Gasteiger partial charge on any atom is -0.466 e. The highest BCUT2D eigenvalue weighted by Crippen LogP contribution is 2.20. The van der Waals surface area contributed by atoms with Gasteiger partial charge in [-0.2, -0.15) is 0 Å². The monoisotopic (exact) mass is 234 g/mol. The Morgan fingerprint density at radius 2 is 1.76 bits per heavy atom. The molecule has 2 heteroatoms. The van der Waals surface area contributed by atoms with Gasteiger partial charge in [-0.1, -0.05) is 38.1 Å². The van der Waals surface area contributed by atoms with Gasteiger partial charge in [0.05, 0.1) is 12.5 Å². The van der Waals surface area contributed by atoms with Crippen molar-refractivity contribution in [3.05, 3.63) is 35.4 Å². The lowest BCUT2D eigenvalue weighted by Gasteiger charge is -2.01. The van der Waals surface area contributed by atoms with Crippen molar-refractivity contribution in [3.8, 4) is 0 Å². The van der Waals surface area contributed by atoms with Crippen molar-refractivity contribution in [1.82, 2.24) is 0 Å². The summed E-state index contributed by atoms with van der Waals surface area (Å²) in [6.07, 6.45) is 3.96. The van der Waals surface area contributed by atoms with E-state index in [2.05, 4.69) is 29.0 Å². The molecule has 1 aliphatic carbocycles. The third-order valence-electron chi connectivity index (χ3n) is 2.77. The van der Waals surface area contributed by atoms with Crippen molar-refractivity contribution in [3.63, 3.8) is 0 Å². The third kappa shape index (κ3) is 4.59. The van der Waals surface area contributed by atoms with Crippen LogP contribution >= 0.6 is 0 Å². The molecule has 0 saturated heterocycles. The first-order chi connectivity index (χ1) is 8.15. The zero-order valence-electron chi connectivity index (χ0n) is 11.0. The van der Waals surface area contributed by atoms with Crippen molar-refractivity contribution in [2.24, 2.45) is 5.92 Å². The lowest BCUT2D eigenvalue weighted by Crippen LogP contribution is -2.10. The van der Waals surface area contributed by atoms with Crippen LogP contribution in [0.5, 0.6) is 0 Å². The molecular weight excluding hydrogens is 212 g/mol. The molecule has 0 saturated carbocycles. The van der Waals surface area contributed by atoms with E-state index >= 15 is 0 Å². The Balaban J connectivity index is 0.000000172. The number of hydrogen-bond acceptors (Lipinski definition) is 2. The highest BCUT2D eigenvalue weighted by atomic mass is 16.5. The summed E-state index contributed by atoms with van der Waals surface area (Å²) in [5.41, 5.74) is 3.13. The number of ether oxygens (including phenoxy) is 1. The van der Waals surface area contributed by atoms with Gasteiger partial charge in [0.25, 0.3) is 0 Å². The molecule has 94 valence electrons. The van der Waals surface area contributed by atoms with E-state index in [0.29, 0.717) is 6.61 Å². The molecule has 1 aromatic rings. The van der Waals surface area contributed by atoms with Crippen LogP contribution < -0.4 is 0 Å². The summed E-state index contributed by atoms with van der Waals surface area (Å²) in [5.74, 6) is -0.109. The molecule has 0 atom stereocenters. The van der Waals surface area contributed by atoms with E-state index in [1.807, 2.05) is 13.8 Å². The average molecular weight is 234 g/mol. The number of benzene rings is 1. The van der Waals surface area contributed by atoms with Gasteiger partial charge in [0, 0.05) is 0 Å². The summed E-state index contributed by atoms with van der Waals surface area (Å²) in [5, 5.41) is 0. The van der Waals surface area contributed by atoms with Gasteiger partial charge in [0.1, 0.15) is 0 Å². The highest BCUT2D eigenvalue weighted by Gasteiger charge is 2.07. The first kappa shape index (κ1) is 13.8. The number of esters is 1. The van der Waals surface area contributed by atoms with Crippen molar-refractivity contribution in [2.75, 3.05) is 6.61 Å². The first-order valence-electron chi connectivity index (χ1n) is 6.38. The molecule has 17 heavy (non-hydrogen) atoms. The van der Waals surface area contributed by atoms with Crippen molar-refractivity contribution >= 4 is 5.97 Å². The maximum absolute atomic E-state index is 10.5. The Labute approximate surface area is 104 Å². The van der Waals surface area contributed by atoms with Crippen LogP contribution in [-0.4, -0.2) is 12.6 Å². The largest absolute Gasteiger partial charge is 0.466 e. The molecule has 0 aromatic heterocycles. The topological polar surface area (TPSA) is 26.3 Å². The van der Waals surface area contributed by atoms with E-state index in [4.69, 9.17) is 0 Å². The molecule has 0 radical (unpaired) electrons. The number of aryl methyl sites for hydroxylation is 2. The molecule has 0 spiro atoms. The minimum absolute atomic E-state index is 0.00921. The molecule has 2 rings (SSSR count). The van der Waals surface area contributed by atoms with Crippen molar-refractivity contribution in [2.45, 2.75) is 40.0 Å². The maximum atomic E-state index is 10.5. The van der Waals surface area contributed by atoms with E-state index in [-0.39, 0.29) is 11.9 Å². The second-order valence-electron chi connectivity index (χ2n) is 4.53. The third-order valence-corrected chi connectivity index (χ3v) is 2.77. The van der Waals surface area contributed by atoms with Gasteiger partial charge in [-0.05, 0) is 37.3 Å². The van der Waals surface area contributed by atoms with Crippen molar-refractivity contribution < 1.29 is 9.53 Å². The van der Waals surface area contributed by atoms with Crippen LogP contribution in [0, 0.1) is 5.92 Å². The summed E-state index contributed by atoms with van der Waals surface area (Å²) in [4.78, 5) is 10.5. The standard InChI is InChI=1S/C9H10.C6H12O2/c1-2-5-9-7-3-6-8(9)4-1;1-4-8-6(7)5(2)3/h1-2,4-5H,3,6-7H2;5H,4H2,1-3H3. The number of fused-ring (bicyclic) bond motifs is 1. The molecule has 2 nitrogen and oxygen atoms in total. The van der Waals surface area contributed by atoms with E-state index in [9.17, 15) is 4.79 Å². The average Bonchev–Trinajstić information content (AvgIpc) is 2.78. The predicted octanol–water partition coefficient (Wildman–Crippen LogP) is 3.38. The zero-order valence-corrected chi connectivity index (χ0v) is 11.0. The van der Waals surface area contributed by atoms with E-state index in [1.54, 1.807) is 18.1 Å². The smallest absolute Gasteiger partial charge is 0.308 e. The predicted molar refractivity (Wildman–Crippen MR) is 69.9 cm³/mol. The van der Waals surface area contributed by atoms with Gasteiger partial charge in [-0.15, -0.1) is 0 Å². The molecule has 0 bridgehead atoms. The van der Waals surface area contributed by atoms with Crippen LogP contribution in [-0.2, 0) is 22.4 Å². The van der Waals surface area contributed by atoms with Crippen LogP contribution in [0.2, 0.25) is 0 Å². The number of carbonyl (C=O) groups is 1. The lowest BCUT2D eigenvalue weighted by atomic mass is 10.1. The number of carbonyl (C=O) groups excluding carboxylic acids is 1. The molecule has 0 heterocycles. The van der Waals surface area contributed by atoms with E-state index in [0.717, 1.165) is 0 Å². The summed E-state index contributed by atoms with van der Waals surface area (Å²) in [7, 11) is 0. The van der Waals surface area contributed by atoms with Crippen LogP contribution in [0.4, 0.5) is 0 Å². The Kier molecular flexibility index (Phi) is 5.75. The van der Waals surface area contributed by atoms with Crippen LogP contribution in [0.1, 0.15) is 38.3 Å². The van der Waals surface area contributed by atoms with Gasteiger partial charge in [-0.3, -0.25) is 4.79 Å².